The second kappa shape index (κ2) is 20.5. The minimum atomic E-state index is -0.976. The van der Waals surface area contributed by atoms with Crippen molar-refractivity contribution in [3.8, 4) is 0 Å². The number of Topliss-reactive ketones (excluding diaryl/α,β-unsaturated/α-hetero) is 2. The molecule has 5 atom stereocenters. The number of carbonyl (C=O) groups is 6. The van der Waals surface area contributed by atoms with E-state index in [1.54, 1.807) is 9.58 Å². The molecule has 2 aliphatic heterocycles. The summed E-state index contributed by atoms with van der Waals surface area (Å²) in [5.74, 6) is -3.82. The molecule has 2 fully saturated rings. The van der Waals surface area contributed by atoms with Crippen LogP contribution in [0.1, 0.15) is 129 Å². The van der Waals surface area contributed by atoms with Crippen LogP contribution in [0.5, 0.6) is 0 Å². The molecule has 4 amide bonds. The monoisotopic (exact) mass is 769 g/mol. The molecule has 16 heteroatoms. The van der Waals surface area contributed by atoms with Crippen LogP contribution in [0.3, 0.4) is 0 Å². The lowest BCUT2D eigenvalue weighted by Gasteiger charge is -2.33. The number of aliphatic imine (C=N–C) groups is 1. The Bertz CT molecular complexity index is 1530. The first kappa shape index (κ1) is 43.4. The number of primary amides is 1. The number of nitrogens with two attached hydrogens (primary N) is 3. The molecule has 4 rings (SSSR count). The van der Waals surface area contributed by atoms with Gasteiger partial charge in [-0.05, 0) is 82.0 Å². The molecule has 2 bridgehead atoms. The Labute approximate surface area is 324 Å². The van der Waals surface area contributed by atoms with Crippen molar-refractivity contribution in [2.75, 3.05) is 13.1 Å². The van der Waals surface area contributed by atoms with Crippen LogP contribution in [-0.4, -0.2) is 92.3 Å². The van der Waals surface area contributed by atoms with Gasteiger partial charge in [0.05, 0.1) is 17.8 Å². The van der Waals surface area contributed by atoms with E-state index in [4.69, 9.17) is 17.2 Å². The van der Waals surface area contributed by atoms with Gasteiger partial charge < -0.3 is 32.7 Å². The van der Waals surface area contributed by atoms with Crippen molar-refractivity contribution in [1.82, 2.24) is 30.5 Å². The van der Waals surface area contributed by atoms with E-state index in [1.165, 1.54) is 0 Å². The zero-order chi connectivity index (χ0) is 40.1. The normalized spacial score (nSPS) is 23.7. The number of carbonyl (C=O) groups excluding carboxylic acids is 6. The lowest BCUT2D eigenvalue weighted by atomic mass is 9.76. The number of nitrogens with zero attached hydrogens (tertiary/aromatic N) is 5. The van der Waals surface area contributed by atoms with Crippen molar-refractivity contribution in [3.63, 3.8) is 0 Å². The minimum Gasteiger partial charge on any atom is -0.370 e. The molecule has 0 radical (unpaired) electrons. The van der Waals surface area contributed by atoms with Crippen molar-refractivity contribution in [2.45, 2.75) is 155 Å². The Morgan fingerprint density at radius 3 is 2.35 bits per heavy atom. The molecule has 3 aliphatic rings. The standard InChI is InChI=1S/C39H64N10O6/c1-39(2,3)28(35(40)53)23-31(50)29(16-9-19-43-38(41)42)44-36(54)26-14-10-20-48-24-27(46-47-48)15-7-8-18-33(52)49-21-11-17-30(49)37(55)45-34(32(51)22-26)25-12-5-4-6-13-25/h24-26,28-30,34H,4-23H2,1-3H3,(H2,40,53)(H,44,54)(H,45,55)(H4,41,42,43)/t26-,28-,29+,30+,34+/m1/s1. The fourth-order valence-electron chi connectivity index (χ4n) is 8.28. The van der Waals surface area contributed by atoms with E-state index in [1.807, 2.05) is 27.0 Å². The molecule has 1 aromatic heterocycles. The smallest absolute Gasteiger partial charge is 0.243 e. The number of amides is 4. The Hall–Kier alpha value is -4.37. The van der Waals surface area contributed by atoms with E-state index in [0.717, 1.165) is 44.2 Å². The number of fused-ring (bicyclic) bond motifs is 3. The van der Waals surface area contributed by atoms with Gasteiger partial charge in [0.2, 0.25) is 23.6 Å². The molecule has 0 unspecified atom stereocenters. The maximum Gasteiger partial charge on any atom is 0.243 e. The van der Waals surface area contributed by atoms with Crippen LogP contribution in [0.25, 0.3) is 0 Å². The summed E-state index contributed by atoms with van der Waals surface area (Å²) in [6.45, 7) is 6.68. The van der Waals surface area contributed by atoms with Gasteiger partial charge in [-0.3, -0.25) is 38.4 Å². The van der Waals surface area contributed by atoms with Gasteiger partial charge in [0.1, 0.15) is 6.04 Å². The van der Waals surface area contributed by atoms with Crippen molar-refractivity contribution < 1.29 is 28.8 Å². The van der Waals surface area contributed by atoms with Gasteiger partial charge in [-0.15, -0.1) is 5.10 Å². The van der Waals surface area contributed by atoms with Gasteiger partial charge in [0.25, 0.3) is 0 Å². The lowest BCUT2D eigenvalue weighted by Crippen LogP contribution is -2.54. The second-order valence-corrected chi connectivity index (χ2v) is 16.8. The van der Waals surface area contributed by atoms with E-state index in [0.29, 0.717) is 64.5 Å². The molecule has 16 nitrogen and oxygen atoms in total. The Kier molecular flexibility index (Phi) is 16.2. The maximum atomic E-state index is 14.4. The van der Waals surface area contributed by atoms with Gasteiger partial charge in [-0.2, -0.15) is 0 Å². The summed E-state index contributed by atoms with van der Waals surface area (Å²) in [6.07, 6.45) is 11.0. The fourth-order valence-corrected chi connectivity index (χ4v) is 8.28. The average Bonchev–Trinajstić information content (AvgIpc) is 3.81. The van der Waals surface area contributed by atoms with Gasteiger partial charge >= 0.3 is 0 Å². The average molecular weight is 769 g/mol. The SMILES string of the molecule is CC(C)(C)[C@H](CC(=O)[C@H](CCCN=C(N)N)NC(=O)[C@@H]1CCCn2cc(nn2)CCCCC(=O)N2CCC[C@H]2C(=O)N[C@@H](C2CCCCC2)C(=O)C1)C(N)=O. The van der Waals surface area contributed by atoms with E-state index in [2.05, 4.69) is 25.9 Å². The van der Waals surface area contributed by atoms with Gasteiger partial charge in [0, 0.05) is 56.9 Å². The quantitative estimate of drug-likeness (QED) is 0.125. The van der Waals surface area contributed by atoms with Crippen molar-refractivity contribution >= 4 is 41.2 Å². The summed E-state index contributed by atoms with van der Waals surface area (Å²) in [4.78, 5) is 87.9. The maximum absolute atomic E-state index is 14.4. The van der Waals surface area contributed by atoms with Crippen LogP contribution >= 0.6 is 0 Å². The highest BCUT2D eigenvalue weighted by molar-refractivity contribution is 5.96. The number of aryl methyl sites for hydroxylation is 2. The highest BCUT2D eigenvalue weighted by atomic mass is 16.2. The van der Waals surface area contributed by atoms with Crippen LogP contribution in [0.2, 0.25) is 0 Å². The Balaban J connectivity index is 1.62. The van der Waals surface area contributed by atoms with Crippen LogP contribution in [0.4, 0.5) is 0 Å². The van der Waals surface area contributed by atoms with Crippen LogP contribution in [0, 0.1) is 23.2 Å². The van der Waals surface area contributed by atoms with Crippen molar-refractivity contribution in [3.05, 3.63) is 11.9 Å². The van der Waals surface area contributed by atoms with Crippen LogP contribution in [0.15, 0.2) is 11.2 Å². The molecule has 8 N–H and O–H groups in total. The number of hydrogen-bond donors (Lipinski definition) is 5. The zero-order valence-corrected chi connectivity index (χ0v) is 33.1. The number of hydrogen-bond acceptors (Lipinski definition) is 9. The summed E-state index contributed by atoms with van der Waals surface area (Å²) in [6, 6.07) is -2.42. The van der Waals surface area contributed by atoms with Crippen LogP contribution in [-0.2, 0) is 41.7 Å². The predicted molar refractivity (Wildman–Crippen MR) is 207 cm³/mol. The highest BCUT2D eigenvalue weighted by Crippen LogP contribution is 2.31. The molecule has 1 aliphatic carbocycles. The highest BCUT2D eigenvalue weighted by Gasteiger charge is 2.40. The number of nitrogens with one attached hydrogen (secondary N) is 2. The Morgan fingerprint density at radius 2 is 1.65 bits per heavy atom. The van der Waals surface area contributed by atoms with Gasteiger partial charge in [0.15, 0.2) is 17.5 Å². The molecular formula is C39H64N10O6. The molecule has 1 saturated heterocycles. The van der Waals surface area contributed by atoms with Gasteiger partial charge in [-0.1, -0.05) is 45.2 Å². The summed E-state index contributed by atoms with van der Waals surface area (Å²) in [5, 5.41) is 14.6. The van der Waals surface area contributed by atoms with Gasteiger partial charge in [-0.25, -0.2) is 0 Å². The first-order valence-electron chi connectivity index (χ1n) is 20.3. The number of guanidine groups is 1. The first-order chi connectivity index (χ1) is 26.1. The molecular weight excluding hydrogens is 704 g/mol. The summed E-state index contributed by atoms with van der Waals surface area (Å²) >= 11 is 0. The van der Waals surface area contributed by atoms with Crippen molar-refractivity contribution in [1.29, 1.82) is 0 Å². The van der Waals surface area contributed by atoms with Crippen molar-refractivity contribution in [2.24, 2.45) is 45.4 Å². The number of ketones is 2. The second-order valence-electron chi connectivity index (χ2n) is 16.8. The predicted octanol–water partition coefficient (Wildman–Crippen LogP) is 2.06. The third-order valence-corrected chi connectivity index (χ3v) is 11.5. The fraction of sp³-hybridized carbons (Fsp3) is 0.769. The largest absolute Gasteiger partial charge is 0.370 e. The molecule has 3 heterocycles. The molecule has 0 spiro atoms. The van der Waals surface area contributed by atoms with Crippen LogP contribution < -0.4 is 27.8 Å². The number of rotatable bonds is 11. The summed E-state index contributed by atoms with van der Waals surface area (Å²) < 4.78 is 1.72. The van der Waals surface area contributed by atoms with E-state index in [-0.39, 0.29) is 61.1 Å². The third-order valence-electron chi connectivity index (χ3n) is 11.5. The molecule has 306 valence electrons. The summed E-state index contributed by atoms with van der Waals surface area (Å²) in [5.41, 5.74) is 16.9. The molecule has 1 aromatic rings. The zero-order valence-electron chi connectivity index (χ0n) is 33.1. The Morgan fingerprint density at radius 1 is 0.945 bits per heavy atom. The first-order valence-corrected chi connectivity index (χ1v) is 20.3. The molecule has 1 saturated carbocycles. The lowest BCUT2D eigenvalue weighted by molar-refractivity contribution is -0.140. The van der Waals surface area contributed by atoms with E-state index in [9.17, 15) is 28.8 Å². The minimum absolute atomic E-state index is 0.0662. The third kappa shape index (κ3) is 13.1. The molecule has 0 aromatic carbocycles. The number of aromatic nitrogens is 3. The molecule has 55 heavy (non-hydrogen) atoms. The summed E-state index contributed by atoms with van der Waals surface area (Å²) in [7, 11) is 0. The van der Waals surface area contributed by atoms with E-state index < -0.39 is 47.2 Å². The van der Waals surface area contributed by atoms with E-state index >= 15 is 0 Å². The topological polar surface area (TPSA) is 251 Å².